The van der Waals surface area contributed by atoms with Crippen LogP contribution in [-0.2, 0) is 10.0 Å². The third-order valence-corrected chi connectivity index (χ3v) is 3.59. The molecule has 0 spiro atoms. The normalized spacial score (nSPS) is 11.4. The van der Waals surface area contributed by atoms with Crippen LogP contribution in [0, 0.1) is 10.1 Å². The first-order valence-corrected chi connectivity index (χ1v) is 6.76. The first-order valence-electron chi connectivity index (χ1n) is 5.27. The van der Waals surface area contributed by atoms with Gasteiger partial charge in [-0.25, -0.2) is 13.1 Å². The highest BCUT2D eigenvalue weighted by Crippen LogP contribution is 2.11. The van der Waals surface area contributed by atoms with Crippen molar-refractivity contribution in [3.63, 3.8) is 0 Å². The van der Waals surface area contributed by atoms with E-state index in [9.17, 15) is 18.5 Å². The molecule has 0 fully saturated rings. The van der Waals surface area contributed by atoms with E-state index >= 15 is 0 Å². The van der Waals surface area contributed by atoms with Gasteiger partial charge in [0, 0.05) is 12.6 Å². The third-order valence-electron chi connectivity index (χ3n) is 2.14. The number of sulfonamides is 1. The van der Waals surface area contributed by atoms with Gasteiger partial charge in [-0.15, -0.1) is 0 Å². The number of nitrogens with one attached hydrogen (secondary N) is 1. The fourth-order valence-electron chi connectivity index (χ4n) is 1.20. The van der Waals surface area contributed by atoms with Crippen LogP contribution in [0.2, 0.25) is 0 Å². The van der Waals surface area contributed by atoms with Crippen LogP contribution < -0.4 is 10.5 Å². The van der Waals surface area contributed by atoms with E-state index in [-0.39, 0.29) is 11.4 Å². The van der Waals surface area contributed by atoms with Crippen molar-refractivity contribution in [3.05, 3.63) is 28.4 Å². The maximum atomic E-state index is 11.7. The van der Waals surface area contributed by atoms with Crippen molar-refractivity contribution in [2.45, 2.75) is 17.7 Å². The molecule has 100 valence electrons. The lowest BCUT2D eigenvalue weighted by molar-refractivity contribution is -0.389. The number of nitrogens with two attached hydrogens (primary N) is 1. The number of pyridine rings is 1. The van der Waals surface area contributed by atoms with Crippen LogP contribution in [0.15, 0.2) is 23.2 Å². The minimum Gasteiger partial charge on any atom is -0.358 e. The van der Waals surface area contributed by atoms with Crippen LogP contribution >= 0.6 is 0 Å². The Kier molecular flexibility index (Phi) is 5.13. The summed E-state index contributed by atoms with van der Waals surface area (Å²) in [4.78, 5) is 13.0. The van der Waals surface area contributed by atoms with Crippen molar-refractivity contribution in [1.29, 1.82) is 0 Å². The van der Waals surface area contributed by atoms with E-state index in [0.717, 1.165) is 24.8 Å². The maximum Gasteiger partial charge on any atom is 0.363 e. The quantitative estimate of drug-likeness (QED) is 0.409. The summed E-state index contributed by atoms with van der Waals surface area (Å²) >= 11 is 0. The molecule has 18 heavy (non-hydrogen) atoms. The Labute approximate surface area is 104 Å². The van der Waals surface area contributed by atoms with Gasteiger partial charge in [0.15, 0.2) is 6.20 Å². The average Bonchev–Trinajstić information content (AvgIpc) is 2.35. The highest BCUT2D eigenvalue weighted by molar-refractivity contribution is 7.89. The lowest BCUT2D eigenvalue weighted by atomic mass is 10.3. The summed E-state index contributed by atoms with van der Waals surface area (Å²) in [6, 6.07) is 2.20. The zero-order valence-electron chi connectivity index (χ0n) is 9.57. The summed E-state index contributed by atoms with van der Waals surface area (Å²) in [6.07, 6.45) is 2.32. The Hall–Kier alpha value is -1.58. The average molecular weight is 274 g/mol. The van der Waals surface area contributed by atoms with Gasteiger partial charge in [0.25, 0.3) is 0 Å². The topological polar surface area (TPSA) is 128 Å². The molecule has 0 aliphatic rings. The van der Waals surface area contributed by atoms with Crippen molar-refractivity contribution < 1.29 is 13.3 Å². The number of hydrogen-bond donors (Lipinski definition) is 2. The van der Waals surface area contributed by atoms with Gasteiger partial charge < -0.3 is 15.8 Å². The Morgan fingerprint density at radius 1 is 1.39 bits per heavy atom. The van der Waals surface area contributed by atoms with Crippen LogP contribution in [0.5, 0.6) is 0 Å². The van der Waals surface area contributed by atoms with E-state index in [1.807, 2.05) is 0 Å². The van der Waals surface area contributed by atoms with Crippen molar-refractivity contribution in [2.75, 3.05) is 13.1 Å². The van der Waals surface area contributed by atoms with Gasteiger partial charge >= 0.3 is 5.82 Å². The molecule has 0 saturated carbocycles. The lowest BCUT2D eigenvalue weighted by Crippen LogP contribution is -2.25. The predicted octanol–water partition coefficient (Wildman–Crippen LogP) is 0.00700. The zero-order valence-corrected chi connectivity index (χ0v) is 10.4. The Morgan fingerprint density at radius 3 is 2.61 bits per heavy atom. The van der Waals surface area contributed by atoms with E-state index in [0.29, 0.717) is 13.0 Å². The van der Waals surface area contributed by atoms with Crippen LogP contribution in [-0.4, -0.2) is 31.4 Å². The molecule has 8 nitrogen and oxygen atoms in total. The Balaban J connectivity index is 2.70. The molecule has 0 atom stereocenters. The van der Waals surface area contributed by atoms with E-state index < -0.39 is 20.8 Å². The highest BCUT2D eigenvalue weighted by Gasteiger charge is 2.17. The molecule has 0 radical (unpaired) electrons. The van der Waals surface area contributed by atoms with Gasteiger partial charge in [-0.2, -0.15) is 0 Å². The summed E-state index contributed by atoms with van der Waals surface area (Å²) in [7, 11) is -3.66. The highest BCUT2D eigenvalue weighted by atomic mass is 32.2. The molecule has 0 amide bonds. The summed E-state index contributed by atoms with van der Waals surface area (Å²) in [6.45, 7) is 0.775. The molecule has 0 bridgehead atoms. The standard InChI is InChI=1S/C9H14N4O4S/c10-5-1-2-6-12-18(16,17)8-3-4-9(11-7-8)13(14)15/h3-4,7,12H,1-2,5-6,10H2. The van der Waals surface area contributed by atoms with Gasteiger partial charge in [-0.3, -0.25) is 0 Å². The van der Waals surface area contributed by atoms with Crippen molar-refractivity contribution in [3.8, 4) is 0 Å². The van der Waals surface area contributed by atoms with E-state index in [1.54, 1.807) is 0 Å². The molecule has 9 heteroatoms. The summed E-state index contributed by atoms with van der Waals surface area (Å²) in [5.41, 5.74) is 5.28. The predicted molar refractivity (Wildman–Crippen MR) is 64.4 cm³/mol. The van der Waals surface area contributed by atoms with Crippen molar-refractivity contribution in [2.24, 2.45) is 5.73 Å². The molecule has 0 saturated heterocycles. The van der Waals surface area contributed by atoms with E-state index in [4.69, 9.17) is 5.73 Å². The zero-order chi connectivity index (χ0) is 13.6. The molecular formula is C9H14N4O4S. The minimum absolute atomic E-state index is 0.0964. The van der Waals surface area contributed by atoms with Crippen molar-refractivity contribution >= 4 is 15.8 Å². The SMILES string of the molecule is NCCCCNS(=O)(=O)c1ccc([N+](=O)[O-])nc1. The molecule has 0 aromatic carbocycles. The molecule has 3 N–H and O–H groups in total. The summed E-state index contributed by atoms with van der Waals surface area (Å²) in [5, 5.41) is 10.4. The number of hydrogen-bond acceptors (Lipinski definition) is 6. The molecule has 1 heterocycles. The van der Waals surface area contributed by atoms with Gasteiger partial charge in [0.05, 0.1) is 0 Å². The van der Waals surface area contributed by atoms with Gasteiger partial charge in [-0.05, 0) is 35.4 Å². The van der Waals surface area contributed by atoms with Gasteiger partial charge in [-0.1, -0.05) is 0 Å². The molecule has 1 aromatic rings. The number of rotatable bonds is 7. The molecule has 1 rings (SSSR count). The molecular weight excluding hydrogens is 260 g/mol. The minimum atomic E-state index is -3.66. The smallest absolute Gasteiger partial charge is 0.358 e. The maximum absolute atomic E-state index is 11.7. The lowest BCUT2D eigenvalue weighted by Gasteiger charge is -2.04. The first-order chi connectivity index (χ1) is 8.47. The van der Waals surface area contributed by atoms with Crippen LogP contribution in [0.3, 0.4) is 0 Å². The molecule has 0 aliphatic carbocycles. The largest absolute Gasteiger partial charge is 0.363 e. The van der Waals surface area contributed by atoms with Crippen LogP contribution in [0.4, 0.5) is 5.82 Å². The number of nitrogens with zero attached hydrogens (tertiary/aromatic N) is 2. The van der Waals surface area contributed by atoms with E-state index in [2.05, 4.69) is 9.71 Å². The molecule has 1 aromatic heterocycles. The summed E-state index contributed by atoms with van der Waals surface area (Å²) < 4.78 is 25.8. The van der Waals surface area contributed by atoms with E-state index in [1.165, 1.54) is 0 Å². The first kappa shape index (κ1) is 14.5. The number of nitro groups is 1. The Bertz CT molecular complexity index is 500. The number of aromatic nitrogens is 1. The second-order valence-corrected chi connectivity index (χ2v) is 5.27. The second kappa shape index (κ2) is 6.38. The third kappa shape index (κ3) is 4.02. The molecule has 0 aliphatic heterocycles. The number of unbranched alkanes of at least 4 members (excludes halogenated alkanes) is 1. The fourth-order valence-corrected chi connectivity index (χ4v) is 2.22. The second-order valence-electron chi connectivity index (χ2n) is 3.50. The van der Waals surface area contributed by atoms with Crippen LogP contribution in [0.1, 0.15) is 12.8 Å². The van der Waals surface area contributed by atoms with Crippen LogP contribution in [0.25, 0.3) is 0 Å². The van der Waals surface area contributed by atoms with Crippen molar-refractivity contribution in [1.82, 2.24) is 9.71 Å². The monoisotopic (exact) mass is 274 g/mol. The Morgan fingerprint density at radius 2 is 2.11 bits per heavy atom. The van der Waals surface area contributed by atoms with Gasteiger partial charge in [0.1, 0.15) is 4.90 Å². The fraction of sp³-hybridized carbons (Fsp3) is 0.444. The van der Waals surface area contributed by atoms with Gasteiger partial charge in [0.2, 0.25) is 10.0 Å². The summed E-state index contributed by atoms with van der Waals surface area (Å²) in [5.74, 6) is -0.392. The molecule has 0 unspecified atom stereocenters.